The van der Waals surface area contributed by atoms with Crippen LogP contribution in [0.3, 0.4) is 0 Å². The zero-order valence-corrected chi connectivity index (χ0v) is 19.7. The van der Waals surface area contributed by atoms with Crippen LogP contribution in [0.2, 0.25) is 0 Å². The number of unbranched alkanes of at least 4 members (excludes halogenated alkanes) is 3. The van der Waals surface area contributed by atoms with Gasteiger partial charge >= 0.3 is 0 Å². The summed E-state index contributed by atoms with van der Waals surface area (Å²) < 4.78 is 17.2. The van der Waals surface area contributed by atoms with E-state index in [0.29, 0.717) is 38.8 Å². The Hall–Kier alpha value is -2.51. The summed E-state index contributed by atoms with van der Waals surface area (Å²) in [6.07, 6.45) is 6.41. The molecule has 0 atom stereocenters. The highest BCUT2D eigenvalue weighted by Gasteiger charge is 2.34. The molecule has 0 aliphatic carbocycles. The van der Waals surface area contributed by atoms with Gasteiger partial charge in [0.1, 0.15) is 5.75 Å². The molecule has 0 bridgehead atoms. The van der Waals surface area contributed by atoms with Gasteiger partial charge in [0.15, 0.2) is 15.8 Å². The minimum absolute atomic E-state index is 0.172. The molecule has 0 N–H and O–H groups in total. The fourth-order valence-corrected chi connectivity index (χ4v) is 4.53. The van der Waals surface area contributed by atoms with Crippen LogP contribution >= 0.6 is 24.0 Å². The summed E-state index contributed by atoms with van der Waals surface area (Å²) in [6, 6.07) is 13.0. The van der Waals surface area contributed by atoms with Gasteiger partial charge in [-0.2, -0.15) is 0 Å². The van der Waals surface area contributed by atoms with Crippen molar-refractivity contribution < 1.29 is 19.0 Å². The topological polar surface area (TPSA) is 48.0 Å². The molecule has 3 rings (SSSR count). The predicted molar refractivity (Wildman–Crippen MR) is 131 cm³/mol. The fraction of sp³-hybridized carbons (Fsp3) is 0.333. The molecule has 2 aromatic rings. The SMILES string of the molecule is CCCCCCOc1ccc(/C=C2\SC(=S)N(c3ccccc3OC)C2=O)cc1OC. The molecule has 2 aromatic carbocycles. The number of methoxy groups -OCH3 is 2. The van der Waals surface area contributed by atoms with E-state index in [2.05, 4.69) is 6.92 Å². The number of hydrogen-bond donors (Lipinski definition) is 0. The van der Waals surface area contributed by atoms with Crippen LogP contribution in [0.15, 0.2) is 47.4 Å². The molecule has 1 saturated heterocycles. The number of thioether (sulfide) groups is 1. The monoisotopic (exact) mass is 457 g/mol. The van der Waals surface area contributed by atoms with E-state index in [1.807, 2.05) is 48.5 Å². The summed E-state index contributed by atoms with van der Waals surface area (Å²) >= 11 is 6.75. The van der Waals surface area contributed by atoms with Gasteiger partial charge in [0.2, 0.25) is 0 Å². The number of amides is 1. The van der Waals surface area contributed by atoms with E-state index < -0.39 is 0 Å². The minimum atomic E-state index is -0.172. The third-order valence-corrected chi connectivity index (χ3v) is 6.16. The Morgan fingerprint density at radius 2 is 1.77 bits per heavy atom. The number of carbonyl (C=O) groups is 1. The molecule has 0 radical (unpaired) electrons. The number of rotatable bonds is 10. The highest BCUT2D eigenvalue weighted by molar-refractivity contribution is 8.27. The predicted octanol–water partition coefficient (Wildman–Crippen LogP) is 6.07. The Kier molecular flexibility index (Phi) is 8.37. The molecule has 0 aromatic heterocycles. The fourth-order valence-electron chi connectivity index (χ4n) is 3.25. The number of benzene rings is 2. The van der Waals surface area contributed by atoms with Gasteiger partial charge in [-0.05, 0) is 42.3 Å². The van der Waals surface area contributed by atoms with Crippen molar-refractivity contribution in [3.05, 3.63) is 52.9 Å². The second kappa shape index (κ2) is 11.2. The molecule has 1 heterocycles. The van der Waals surface area contributed by atoms with Crippen molar-refractivity contribution in [2.24, 2.45) is 0 Å². The van der Waals surface area contributed by atoms with Crippen molar-refractivity contribution in [1.29, 1.82) is 0 Å². The molecule has 31 heavy (non-hydrogen) atoms. The smallest absolute Gasteiger partial charge is 0.270 e. The van der Waals surface area contributed by atoms with E-state index >= 15 is 0 Å². The van der Waals surface area contributed by atoms with Crippen LogP contribution in [0.4, 0.5) is 5.69 Å². The Bertz CT molecular complexity index is 974. The lowest BCUT2D eigenvalue weighted by atomic mass is 10.1. The Morgan fingerprint density at radius 3 is 2.52 bits per heavy atom. The van der Waals surface area contributed by atoms with E-state index in [4.69, 9.17) is 26.4 Å². The van der Waals surface area contributed by atoms with Crippen LogP contribution in [0.5, 0.6) is 17.2 Å². The molecule has 0 unspecified atom stereocenters. The van der Waals surface area contributed by atoms with Gasteiger partial charge in [-0.1, -0.05) is 68.4 Å². The van der Waals surface area contributed by atoms with Crippen LogP contribution in [-0.2, 0) is 4.79 Å². The first kappa shape index (κ1) is 23.2. The summed E-state index contributed by atoms with van der Waals surface area (Å²) in [5, 5.41) is 0. The lowest BCUT2D eigenvalue weighted by Gasteiger charge is -2.17. The van der Waals surface area contributed by atoms with E-state index in [1.54, 1.807) is 14.2 Å². The van der Waals surface area contributed by atoms with Gasteiger partial charge in [0, 0.05) is 0 Å². The van der Waals surface area contributed by atoms with Crippen LogP contribution in [0.25, 0.3) is 6.08 Å². The van der Waals surface area contributed by atoms with Crippen molar-refractivity contribution in [2.75, 3.05) is 25.7 Å². The highest BCUT2D eigenvalue weighted by atomic mass is 32.2. The molecule has 7 heteroatoms. The first-order valence-corrected chi connectivity index (χ1v) is 11.5. The number of ether oxygens (including phenoxy) is 3. The highest BCUT2D eigenvalue weighted by Crippen LogP contribution is 2.40. The first-order valence-electron chi connectivity index (χ1n) is 10.3. The van der Waals surface area contributed by atoms with Gasteiger partial charge in [-0.3, -0.25) is 9.69 Å². The Morgan fingerprint density at radius 1 is 1.00 bits per heavy atom. The normalized spacial score (nSPS) is 14.9. The maximum Gasteiger partial charge on any atom is 0.270 e. The van der Waals surface area contributed by atoms with E-state index in [-0.39, 0.29) is 5.91 Å². The van der Waals surface area contributed by atoms with Gasteiger partial charge in [0.25, 0.3) is 5.91 Å². The average Bonchev–Trinajstić information content (AvgIpc) is 3.06. The second-order valence-electron chi connectivity index (χ2n) is 7.01. The van der Waals surface area contributed by atoms with Crippen molar-refractivity contribution >= 4 is 46.0 Å². The molecule has 164 valence electrons. The number of thiocarbonyl (C=S) groups is 1. The average molecular weight is 458 g/mol. The molecule has 0 saturated carbocycles. The third kappa shape index (κ3) is 5.60. The molecule has 1 aliphatic heterocycles. The maximum atomic E-state index is 13.1. The Labute approximate surface area is 193 Å². The minimum Gasteiger partial charge on any atom is -0.495 e. The lowest BCUT2D eigenvalue weighted by molar-refractivity contribution is -0.113. The molecular weight excluding hydrogens is 430 g/mol. The summed E-state index contributed by atoms with van der Waals surface area (Å²) in [7, 11) is 3.19. The molecule has 0 spiro atoms. The zero-order chi connectivity index (χ0) is 22.2. The maximum absolute atomic E-state index is 13.1. The third-order valence-electron chi connectivity index (χ3n) is 4.86. The van der Waals surface area contributed by atoms with Gasteiger partial charge in [-0.25, -0.2) is 0 Å². The Balaban J connectivity index is 1.77. The first-order chi connectivity index (χ1) is 15.1. The van der Waals surface area contributed by atoms with Crippen LogP contribution in [0.1, 0.15) is 38.2 Å². The number of hydrogen-bond acceptors (Lipinski definition) is 6. The summed E-state index contributed by atoms with van der Waals surface area (Å²) in [4.78, 5) is 15.1. The van der Waals surface area contributed by atoms with Gasteiger partial charge in [0.05, 0.1) is 31.4 Å². The van der Waals surface area contributed by atoms with Gasteiger partial charge < -0.3 is 14.2 Å². The number of carbonyl (C=O) groups excluding carboxylic acids is 1. The molecule has 1 aliphatic rings. The molecule has 5 nitrogen and oxygen atoms in total. The number of nitrogens with zero attached hydrogens (tertiary/aromatic N) is 1. The second-order valence-corrected chi connectivity index (χ2v) is 8.68. The number of para-hydroxylation sites is 2. The van der Waals surface area contributed by atoms with Crippen molar-refractivity contribution in [1.82, 2.24) is 0 Å². The van der Waals surface area contributed by atoms with Crippen molar-refractivity contribution in [3.8, 4) is 17.2 Å². The van der Waals surface area contributed by atoms with E-state index in [0.717, 1.165) is 18.4 Å². The zero-order valence-electron chi connectivity index (χ0n) is 18.1. The van der Waals surface area contributed by atoms with Crippen LogP contribution in [0, 0.1) is 0 Å². The summed E-state index contributed by atoms with van der Waals surface area (Å²) in [6.45, 7) is 2.85. The quantitative estimate of drug-likeness (QED) is 0.245. The van der Waals surface area contributed by atoms with E-state index in [9.17, 15) is 4.79 Å². The van der Waals surface area contributed by atoms with Gasteiger partial charge in [-0.15, -0.1) is 0 Å². The van der Waals surface area contributed by atoms with E-state index in [1.165, 1.54) is 29.5 Å². The van der Waals surface area contributed by atoms with Crippen LogP contribution < -0.4 is 19.1 Å². The van der Waals surface area contributed by atoms with Crippen molar-refractivity contribution in [2.45, 2.75) is 32.6 Å². The van der Waals surface area contributed by atoms with Crippen molar-refractivity contribution in [3.63, 3.8) is 0 Å². The number of anilines is 1. The van der Waals surface area contributed by atoms with Crippen LogP contribution in [-0.4, -0.2) is 31.1 Å². The molecular formula is C24H27NO4S2. The molecule has 1 fully saturated rings. The molecule has 1 amide bonds. The lowest BCUT2D eigenvalue weighted by Crippen LogP contribution is -2.27. The largest absolute Gasteiger partial charge is 0.495 e. The standard InChI is InChI=1S/C24H27NO4S2/c1-4-5-6-9-14-29-20-13-12-17(15-21(20)28-3)16-22-23(26)25(24(30)31-22)18-10-7-8-11-19(18)27-2/h7-8,10-13,15-16H,4-6,9,14H2,1-3H3/b22-16-. The summed E-state index contributed by atoms with van der Waals surface area (Å²) in [5.41, 5.74) is 1.48. The summed E-state index contributed by atoms with van der Waals surface area (Å²) in [5.74, 6) is 1.78.